The number of carbonyl (C=O) groups is 2. The number of piperidine rings is 1. The summed E-state index contributed by atoms with van der Waals surface area (Å²) in [6, 6.07) is 0. The summed E-state index contributed by atoms with van der Waals surface area (Å²) in [6.07, 6.45) is -3.28. The Balaban J connectivity index is 2.34. The van der Waals surface area contributed by atoms with Crippen LogP contribution in [0.3, 0.4) is 0 Å². The van der Waals surface area contributed by atoms with E-state index in [1.54, 1.807) is 6.92 Å². The average molecular weight is 311 g/mol. The zero-order valence-electron chi connectivity index (χ0n) is 11.9. The summed E-state index contributed by atoms with van der Waals surface area (Å²) < 4.78 is 40.0. The molecule has 0 spiro atoms. The highest BCUT2D eigenvalue weighted by atomic mass is 19.4. The van der Waals surface area contributed by atoms with Gasteiger partial charge >= 0.3 is 12.1 Å². The molecule has 1 aliphatic heterocycles. The molecule has 1 N–H and O–H groups in total. The molecule has 0 unspecified atom stereocenters. The number of amides is 1. The molecule has 1 heterocycles. The van der Waals surface area contributed by atoms with Gasteiger partial charge in [-0.2, -0.15) is 13.2 Å². The SMILES string of the molecule is CCC1(C(=O)O)CCN(C(=O)CCOCC(F)(F)F)CC1. The van der Waals surface area contributed by atoms with Crippen LogP contribution >= 0.6 is 0 Å². The Labute approximate surface area is 121 Å². The summed E-state index contributed by atoms with van der Waals surface area (Å²) in [5.41, 5.74) is -0.788. The molecule has 1 fully saturated rings. The lowest BCUT2D eigenvalue weighted by atomic mass is 9.76. The quantitative estimate of drug-likeness (QED) is 0.763. The van der Waals surface area contributed by atoms with Crippen LogP contribution in [0.4, 0.5) is 13.2 Å². The van der Waals surface area contributed by atoms with Crippen LogP contribution in [-0.4, -0.2) is 54.4 Å². The van der Waals surface area contributed by atoms with E-state index in [9.17, 15) is 27.9 Å². The maximum absolute atomic E-state index is 11.9. The molecule has 5 nitrogen and oxygen atoms in total. The van der Waals surface area contributed by atoms with E-state index in [-0.39, 0.29) is 18.9 Å². The van der Waals surface area contributed by atoms with Crippen molar-refractivity contribution in [3.63, 3.8) is 0 Å². The predicted molar refractivity (Wildman–Crippen MR) is 67.7 cm³/mol. The third-order valence-corrected chi connectivity index (χ3v) is 3.93. The van der Waals surface area contributed by atoms with Crippen LogP contribution in [0.1, 0.15) is 32.6 Å². The maximum atomic E-state index is 11.9. The van der Waals surface area contributed by atoms with Crippen molar-refractivity contribution in [2.75, 3.05) is 26.3 Å². The van der Waals surface area contributed by atoms with Gasteiger partial charge in [0.1, 0.15) is 6.61 Å². The molecule has 0 aliphatic carbocycles. The van der Waals surface area contributed by atoms with E-state index in [0.717, 1.165) is 0 Å². The number of carbonyl (C=O) groups excluding carboxylic acids is 1. The van der Waals surface area contributed by atoms with Gasteiger partial charge in [0, 0.05) is 13.1 Å². The number of aliphatic carboxylic acids is 1. The van der Waals surface area contributed by atoms with Crippen LogP contribution in [-0.2, 0) is 14.3 Å². The standard InChI is InChI=1S/C13H20F3NO4/c1-2-12(11(19)20)4-6-17(7-5-12)10(18)3-8-21-9-13(14,15)16/h2-9H2,1H3,(H,19,20). The fraction of sp³-hybridized carbons (Fsp3) is 0.846. The third-order valence-electron chi connectivity index (χ3n) is 3.93. The van der Waals surface area contributed by atoms with Gasteiger partial charge in [-0.1, -0.05) is 6.92 Å². The number of alkyl halides is 3. The zero-order valence-corrected chi connectivity index (χ0v) is 11.9. The molecule has 122 valence electrons. The molecule has 0 aromatic heterocycles. The predicted octanol–water partition coefficient (Wildman–Crippen LogP) is 2.06. The Morgan fingerprint density at radius 1 is 1.29 bits per heavy atom. The molecule has 0 saturated carbocycles. The summed E-state index contributed by atoms with van der Waals surface area (Å²) in [5.74, 6) is -1.15. The van der Waals surface area contributed by atoms with Crippen molar-refractivity contribution in [2.45, 2.75) is 38.8 Å². The molecule has 1 saturated heterocycles. The van der Waals surface area contributed by atoms with Gasteiger partial charge < -0.3 is 14.7 Å². The Kier molecular flexibility index (Phi) is 6.00. The first-order chi connectivity index (χ1) is 9.70. The monoisotopic (exact) mass is 311 g/mol. The van der Waals surface area contributed by atoms with Crippen molar-refractivity contribution >= 4 is 11.9 Å². The normalized spacial score (nSPS) is 18.6. The van der Waals surface area contributed by atoms with Crippen molar-refractivity contribution in [1.82, 2.24) is 4.90 Å². The number of nitrogens with zero attached hydrogens (tertiary/aromatic N) is 1. The van der Waals surface area contributed by atoms with Gasteiger partial charge in [-0.15, -0.1) is 0 Å². The molecule has 21 heavy (non-hydrogen) atoms. The fourth-order valence-electron chi connectivity index (χ4n) is 2.41. The van der Waals surface area contributed by atoms with Crippen LogP contribution in [0.25, 0.3) is 0 Å². The topological polar surface area (TPSA) is 66.8 Å². The number of ether oxygens (including phenoxy) is 1. The molecule has 1 amide bonds. The maximum Gasteiger partial charge on any atom is 0.411 e. The molecule has 0 aromatic carbocycles. The van der Waals surface area contributed by atoms with Gasteiger partial charge in [-0.25, -0.2) is 0 Å². The second-order valence-electron chi connectivity index (χ2n) is 5.24. The lowest BCUT2D eigenvalue weighted by molar-refractivity contribution is -0.175. The van der Waals surface area contributed by atoms with Crippen molar-refractivity contribution in [1.29, 1.82) is 0 Å². The molecule has 0 aromatic rings. The molecule has 8 heteroatoms. The first-order valence-corrected chi connectivity index (χ1v) is 6.86. The number of likely N-dealkylation sites (tertiary alicyclic amines) is 1. The van der Waals surface area contributed by atoms with Gasteiger partial charge in [0.05, 0.1) is 18.4 Å². The molecule has 0 atom stereocenters. The summed E-state index contributed by atoms with van der Waals surface area (Å²) in [7, 11) is 0. The number of hydrogen-bond donors (Lipinski definition) is 1. The number of rotatable bonds is 6. The molecule has 1 aliphatic rings. The number of carboxylic acids is 1. The largest absolute Gasteiger partial charge is 0.481 e. The molecule has 0 radical (unpaired) electrons. The van der Waals surface area contributed by atoms with E-state index in [0.29, 0.717) is 32.4 Å². The Bertz CT molecular complexity index is 376. The van der Waals surface area contributed by atoms with Crippen molar-refractivity contribution in [3.8, 4) is 0 Å². The van der Waals surface area contributed by atoms with Crippen LogP contribution in [0.5, 0.6) is 0 Å². The lowest BCUT2D eigenvalue weighted by Crippen LogP contribution is -2.46. The first kappa shape index (κ1) is 17.7. The average Bonchev–Trinajstić information content (AvgIpc) is 2.42. The summed E-state index contributed by atoms with van der Waals surface area (Å²) in [4.78, 5) is 24.6. The minimum absolute atomic E-state index is 0.123. The smallest absolute Gasteiger partial charge is 0.411 e. The van der Waals surface area contributed by atoms with Crippen LogP contribution in [0.2, 0.25) is 0 Å². The van der Waals surface area contributed by atoms with Crippen LogP contribution in [0, 0.1) is 5.41 Å². The minimum Gasteiger partial charge on any atom is -0.481 e. The van der Waals surface area contributed by atoms with E-state index < -0.39 is 24.2 Å². The molecule has 0 bridgehead atoms. The second-order valence-corrected chi connectivity index (χ2v) is 5.24. The van der Waals surface area contributed by atoms with Gasteiger partial charge in [0.15, 0.2) is 0 Å². The van der Waals surface area contributed by atoms with E-state index in [4.69, 9.17) is 0 Å². The summed E-state index contributed by atoms with van der Waals surface area (Å²) in [5, 5.41) is 9.23. The highest BCUT2D eigenvalue weighted by molar-refractivity contribution is 5.78. The molecule has 1 rings (SSSR count). The highest BCUT2D eigenvalue weighted by Crippen LogP contribution is 2.35. The van der Waals surface area contributed by atoms with E-state index in [1.807, 2.05) is 0 Å². The lowest BCUT2D eigenvalue weighted by Gasteiger charge is -2.38. The van der Waals surface area contributed by atoms with Crippen molar-refractivity contribution < 1.29 is 32.6 Å². The van der Waals surface area contributed by atoms with Crippen molar-refractivity contribution in [3.05, 3.63) is 0 Å². The van der Waals surface area contributed by atoms with Gasteiger partial charge in [-0.05, 0) is 19.3 Å². The molecular formula is C13H20F3NO4. The Morgan fingerprint density at radius 3 is 2.29 bits per heavy atom. The van der Waals surface area contributed by atoms with Gasteiger partial charge in [0.25, 0.3) is 0 Å². The van der Waals surface area contributed by atoms with Crippen molar-refractivity contribution in [2.24, 2.45) is 5.41 Å². The second kappa shape index (κ2) is 7.11. The summed E-state index contributed by atoms with van der Waals surface area (Å²) >= 11 is 0. The van der Waals surface area contributed by atoms with Gasteiger partial charge in [-0.3, -0.25) is 9.59 Å². The number of carboxylic acid groups (broad SMARTS) is 1. The number of hydrogen-bond acceptors (Lipinski definition) is 3. The van der Waals surface area contributed by atoms with Crippen LogP contribution in [0.15, 0.2) is 0 Å². The first-order valence-electron chi connectivity index (χ1n) is 6.86. The minimum atomic E-state index is -4.39. The summed E-state index contributed by atoms with van der Waals surface area (Å²) in [6.45, 7) is 0.790. The Morgan fingerprint density at radius 2 is 1.86 bits per heavy atom. The zero-order chi connectivity index (χ0) is 16.1. The third kappa shape index (κ3) is 5.18. The van der Waals surface area contributed by atoms with E-state index >= 15 is 0 Å². The fourth-order valence-corrected chi connectivity index (χ4v) is 2.41. The van der Waals surface area contributed by atoms with E-state index in [2.05, 4.69) is 4.74 Å². The molecular weight excluding hydrogens is 291 g/mol. The van der Waals surface area contributed by atoms with Crippen LogP contribution < -0.4 is 0 Å². The Hall–Kier alpha value is -1.31. The number of halogens is 3. The van der Waals surface area contributed by atoms with E-state index in [1.165, 1.54) is 4.90 Å². The van der Waals surface area contributed by atoms with Gasteiger partial charge in [0.2, 0.25) is 5.91 Å². The highest BCUT2D eigenvalue weighted by Gasteiger charge is 2.40.